The molecule has 0 saturated heterocycles. The first-order valence-corrected chi connectivity index (χ1v) is 3.03. The lowest BCUT2D eigenvalue weighted by atomic mass is 10.3. The summed E-state index contributed by atoms with van der Waals surface area (Å²) in [5, 5.41) is 8.24. The van der Waals surface area contributed by atoms with Crippen molar-refractivity contribution < 1.29 is 14.8 Å². The quantitative estimate of drug-likeness (QED) is 0.466. The molecule has 0 aliphatic carbocycles. The van der Waals surface area contributed by atoms with Crippen LogP contribution in [0.1, 0.15) is 13.8 Å². The van der Waals surface area contributed by atoms with Crippen LogP contribution < -0.4 is 11.0 Å². The van der Waals surface area contributed by atoms with Gasteiger partial charge in [-0.1, -0.05) is 0 Å². The van der Waals surface area contributed by atoms with Crippen molar-refractivity contribution >= 4 is 5.91 Å². The number of rotatable bonds is 4. The molecule has 0 radical (unpaired) electrons. The van der Waals surface area contributed by atoms with E-state index < -0.39 is 11.9 Å². The molecule has 5 nitrogen and oxygen atoms in total. The zero-order chi connectivity index (χ0) is 7.98. The van der Waals surface area contributed by atoms with Crippen molar-refractivity contribution in [1.29, 1.82) is 0 Å². The summed E-state index contributed by atoms with van der Waals surface area (Å²) < 4.78 is 0. The van der Waals surface area contributed by atoms with Crippen LogP contribution in [0.4, 0.5) is 0 Å². The Labute approximate surface area is 59.3 Å². The lowest BCUT2D eigenvalue weighted by Gasteiger charge is -2.08. The molecule has 1 unspecified atom stereocenters. The van der Waals surface area contributed by atoms with Crippen molar-refractivity contribution in [3.63, 3.8) is 0 Å². The molecule has 5 heteroatoms. The summed E-state index contributed by atoms with van der Waals surface area (Å²) in [6, 6.07) is -0.647. The van der Waals surface area contributed by atoms with Crippen molar-refractivity contribution in [2.75, 3.05) is 6.61 Å². The van der Waals surface area contributed by atoms with Gasteiger partial charge in [0.05, 0.1) is 6.61 Å². The highest BCUT2D eigenvalue weighted by Gasteiger charge is 2.09. The van der Waals surface area contributed by atoms with E-state index in [0.29, 0.717) is 6.61 Å². The molecule has 0 aromatic rings. The first-order chi connectivity index (χ1) is 4.72. The number of hydrogen-bond acceptors (Lipinski definition) is 4. The normalized spacial score (nSPS) is 12.7. The summed E-state index contributed by atoms with van der Waals surface area (Å²) in [6.07, 6.45) is 0. The van der Waals surface area contributed by atoms with Crippen LogP contribution in [0.25, 0.3) is 0 Å². The maximum absolute atomic E-state index is 10.7. The Morgan fingerprint density at radius 2 is 2.40 bits per heavy atom. The molecule has 10 heavy (non-hydrogen) atoms. The summed E-state index contributed by atoms with van der Waals surface area (Å²) in [5.41, 5.74) is 3.90. The molecule has 0 aliphatic rings. The molecule has 1 amide bonds. The van der Waals surface area contributed by atoms with E-state index in [0.717, 1.165) is 0 Å². The summed E-state index contributed by atoms with van der Waals surface area (Å²) in [5.74, 6) is -0.399. The van der Waals surface area contributed by atoms with Gasteiger partial charge in [-0.25, -0.2) is 5.48 Å². The van der Waals surface area contributed by atoms with E-state index in [1.807, 2.05) is 0 Å². The minimum absolute atomic E-state index is 0.399. The molecular formula is C5H12N2O3. The van der Waals surface area contributed by atoms with Crippen LogP contribution in [0.2, 0.25) is 0 Å². The molecule has 0 aliphatic heterocycles. The minimum atomic E-state index is -0.647. The molecule has 3 N–H and O–H groups in total. The Hall–Kier alpha value is -0.650. The average molecular weight is 148 g/mol. The van der Waals surface area contributed by atoms with Gasteiger partial charge in [0.2, 0.25) is 0 Å². The molecule has 0 heterocycles. The van der Waals surface area contributed by atoms with E-state index in [2.05, 4.69) is 10.3 Å². The van der Waals surface area contributed by atoms with Crippen molar-refractivity contribution in [1.82, 2.24) is 11.0 Å². The minimum Gasteiger partial charge on any atom is -0.316 e. The van der Waals surface area contributed by atoms with Crippen LogP contribution in [-0.2, 0) is 9.63 Å². The molecular weight excluding hydrogens is 136 g/mol. The monoisotopic (exact) mass is 148 g/mol. The highest BCUT2D eigenvalue weighted by Crippen LogP contribution is 1.78. The number of hydroxylamine groups is 2. The molecule has 0 bridgehead atoms. The summed E-state index contributed by atoms with van der Waals surface area (Å²) in [7, 11) is 0. The van der Waals surface area contributed by atoms with Crippen molar-refractivity contribution in [3.8, 4) is 0 Å². The van der Waals surface area contributed by atoms with Gasteiger partial charge in [0.15, 0.2) is 0 Å². The average Bonchev–Trinajstić information content (AvgIpc) is 1.98. The Morgan fingerprint density at radius 1 is 1.80 bits per heavy atom. The third-order valence-electron chi connectivity index (χ3n) is 0.904. The van der Waals surface area contributed by atoms with Crippen LogP contribution in [0.15, 0.2) is 0 Å². The summed E-state index contributed by atoms with van der Waals surface area (Å²) in [6.45, 7) is 3.66. The lowest BCUT2D eigenvalue weighted by Crippen LogP contribution is -2.40. The molecule has 0 saturated carbocycles. The van der Waals surface area contributed by atoms with Gasteiger partial charge in [0, 0.05) is 0 Å². The van der Waals surface area contributed by atoms with Crippen molar-refractivity contribution in [2.24, 2.45) is 0 Å². The fraction of sp³-hybridized carbons (Fsp3) is 0.800. The zero-order valence-electron chi connectivity index (χ0n) is 6.05. The molecule has 60 valence electrons. The fourth-order valence-corrected chi connectivity index (χ4v) is 0.290. The predicted molar refractivity (Wildman–Crippen MR) is 34.2 cm³/mol. The number of amides is 1. The van der Waals surface area contributed by atoms with E-state index >= 15 is 0 Å². The standard InChI is InChI=1S/C5H12N2O3/c1-3-10-7-5(8)4(2)6-9/h4,6,9H,3H2,1-2H3,(H,7,8). The van der Waals surface area contributed by atoms with E-state index in [-0.39, 0.29) is 0 Å². The van der Waals surface area contributed by atoms with E-state index in [1.54, 1.807) is 12.4 Å². The summed E-state index contributed by atoms with van der Waals surface area (Å²) in [4.78, 5) is 15.2. The first kappa shape index (κ1) is 9.35. The van der Waals surface area contributed by atoms with E-state index in [1.165, 1.54) is 6.92 Å². The number of carbonyl (C=O) groups is 1. The fourth-order valence-electron chi connectivity index (χ4n) is 0.290. The first-order valence-electron chi connectivity index (χ1n) is 3.03. The SMILES string of the molecule is CCONC(=O)C(C)NO. The van der Waals surface area contributed by atoms with Crippen LogP contribution >= 0.6 is 0 Å². The Kier molecular flexibility index (Phi) is 4.82. The third-order valence-corrected chi connectivity index (χ3v) is 0.904. The predicted octanol–water partition coefficient (Wildman–Crippen LogP) is -0.579. The molecule has 0 aromatic heterocycles. The topological polar surface area (TPSA) is 70.6 Å². The second-order valence-electron chi connectivity index (χ2n) is 1.75. The smallest absolute Gasteiger partial charge is 0.262 e. The summed E-state index contributed by atoms with van der Waals surface area (Å²) >= 11 is 0. The highest BCUT2D eigenvalue weighted by atomic mass is 16.6. The zero-order valence-corrected chi connectivity index (χ0v) is 6.05. The second kappa shape index (κ2) is 5.16. The van der Waals surface area contributed by atoms with Gasteiger partial charge in [-0.2, -0.15) is 5.48 Å². The van der Waals surface area contributed by atoms with Crippen molar-refractivity contribution in [2.45, 2.75) is 19.9 Å². The maximum Gasteiger partial charge on any atom is 0.262 e. The molecule has 0 rings (SSSR count). The molecule has 0 spiro atoms. The molecule has 1 atom stereocenters. The largest absolute Gasteiger partial charge is 0.316 e. The Morgan fingerprint density at radius 3 is 2.80 bits per heavy atom. The van der Waals surface area contributed by atoms with Gasteiger partial charge in [0.25, 0.3) is 5.91 Å². The molecule has 0 aromatic carbocycles. The number of carbonyl (C=O) groups excluding carboxylic acids is 1. The Bertz CT molecular complexity index is 107. The van der Waals surface area contributed by atoms with Crippen LogP contribution in [-0.4, -0.2) is 23.8 Å². The molecule has 0 fully saturated rings. The highest BCUT2D eigenvalue weighted by molar-refractivity contribution is 5.79. The van der Waals surface area contributed by atoms with Gasteiger partial charge in [-0.15, -0.1) is 0 Å². The van der Waals surface area contributed by atoms with Gasteiger partial charge in [-0.05, 0) is 13.8 Å². The lowest BCUT2D eigenvalue weighted by molar-refractivity contribution is -0.137. The van der Waals surface area contributed by atoms with Gasteiger partial charge < -0.3 is 5.21 Å². The number of nitrogens with one attached hydrogen (secondary N) is 2. The van der Waals surface area contributed by atoms with Crippen LogP contribution in [0, 0.1) is 0 Å². The van der Waals surface area contributed by atoms with Crippen LogP contribution in [0.5, 0.6) is 0 Å². The van der Waals surface area contributed by atoms with Gasteiger partial charge in [-0.3, -0.25) is 9.63 Å². The van der Waals surface area contributed by atoms with Gasteiger partial charge in [0.1, 0.15) is 6.04 Å². The Balaban J connectivity index is 3.42. The van der Waals surface area contributed by atoms with E-state index in [4.69, 9.17) is 5.21 Å². The maximum atomic E-state index is 10.7. The van der Waals surface area contributed by atoms with Gasteiger partial charge >= 0.3 is 0 Å². The van der Waals surface area contributed by atoms with E-state index in [9.17, 15) is 4.79 Å². The van der Waals surface area contributed by atoms with Crippen LogP contribution in [0.3, 0.4) is 0 Å². The second-order valence-corrected chi connectivity index (χ2v) is 1.75. The van der Waals surface area contributed by atoms with Crippen molar-refractivity contribution in [3.05, 3.63) is 0 Å². The number of hydrogen-bond donors (Lipinski definition) is 3. The third kappa shape index (κ3) is 3.39.